The van der Waals surface area contributed by atoms with Crippen molar-refractivity contribution in [2.45, 2.75) is 13.1 Å². The molecule has 106 valence electrons. The second kappa shape index (κ2) is 5.62. The average Bonchev–Trinajstić information content (AvgIpc) is 2.82. The van der Waals surface area contributed by atoms with Gasteiger partial charge in [-0.05, 0) is 24.3 Å². The summed E-state index contributed by atoms with van der Waals surface area (Å²) in [6.07, 6.45) is 1.67. The van der Waals surface area contributed by atoms with Crippen LogP contribution in [0.4, 0.5) is 0 Å². The van der Waals surface area contributed by atoms with Crippen LogP contribution in [-0.2, 0) is 17.9 Å². The van der Waals surface area contributed by atoms with Gasteiger partial charge in [-0.1, -0.05) is 18.2 Å². The first-order chi connectivity index (χ1) is 10.2. The summed E-state index contributed by atoms with van der Waals surface area (Å²) >= 11 is 0. The van der Waals surface area contributed by atoms with Crippen LogP contribution in [0, 0.1) is 0 Å². The third-order valence-corrected chi connectivity index (χ3v) is 3.18. The number of hydrogen-bond acceptors (Lipinski definition) is 3. The lowest BCUT2D eigenvalue weighted by Crippen LogP contribution is -2.31. The maximum absolute atomic E-state index is 12.0. The average molecular weight is 282 g/mol. The molecule has 3 aromatic rings. The van der Waals surface area contributed by atoms with Gasteiger partial charge in [-0.3, -0.25) is 14.3 Å². The van der Waals surface area contributed by atoms with E-state index < -0.39 is 0 Å². The van der Waals surface area contributed by atoms with Gasteiger partial charge in [0.25, 0.3) is 0 Å². The summed E-state index contributed by atoms with van der Waals surface area (Å²) in [6.45, 7) is 0.326. The summed E-state index contributed by atoms with van der Waals surface area (Å²) in [7, 11) is 0. The van der Waals surface area contributed by atoms with Gasteiger partial charge in [-0.25, -0.2) is 4.79 Å². The van der Waals surface area contributed by atoms with Crippen LogP contribution in [0.15, 0.2) is 53.5 Å². The molecule has 1 amide bonds. The Labute approximate surface area is 120 Å². The maximum Gasteiger partial charge on any atom is 0.326 e. The number of nitrogens with zero attached hydrogens (tertiary/aromatic N) is 2. The zero-order valence-electron chi connectivity index (χ0n) is 11.2. The lowest BCUT2D eigenvalue weighted by atomic mass is 10.3. The molecule has 6 heteroatoms. The highest BCUT2D eigenvalue weighted by Gasteiger charge is 2.10. The molecule has 2 heterocycles. The molecule has 0 fully saturated rings. The lowest BCUT2D eigenvalue weighted by Gasteiger charge is -2.05. The van der Waals surface area contributed by atoms with Gasteiger partial charge >= 0.3 is 5.69 Å². The largest absolute Gasteiger partial charge is 0.349 e. The molecule has 2 aromatic heterocycles. The number of nitrogens with one attached hydrogen (secondary N) is 2. The Bertz CT molecular complexity index is 820. The molecule has 0 aliphatic rings. The first-order valence-corrected chi connectivity index (χ1v) is 6.58. The van der Waals surface area contributed by atoms with E-state index in [1.807, 2.05) is 30.3 Å². The first-order valence-electron chi connectivity index (χ1n) is 6.58. The third kappa shape index (κ3) is 2.84. The smallest absolute Gasteiger partial charge is 0.326 e. The summed E-state index contributed by atoms with van der Waals surface area (Å²) in [5.74, 6) is -0.229. The van der Waals surface area contributed by atoms with E-state index in [9.17, 15) is 9.59 Å². The van der Waals surface area contributed by atoms with Crippen molar-refractivity contribution >= 4 is 16.9 Å². The third-order valence-electron chi connectivity index (χ3n) is 3.18. The number of benzene rings is 1. The number of aromatic nitrogens is 3. The van der Waals surface area contributed by atoms with Crippen molar-refractivity contribution in [2.75, 3.05) is 0 Å². The van der Waals surface area contributed by atoms with Crippen LogP contribution in [0.3, 0.4) is 0 Å². The van der Waals surface area contributed by atoms with Crippen molar-refractivity contribution in [2.24, 2.45) is 0 Å². The molecule has 21 heavy (non-hydrogen) atoms. The topological polar surface area (TPSA) is 79.8 Å². The molecule has 0 bridgehead atoms. The Balaban J connectivity index is 1.72. The predicted molar refractivity (Wildman–Crippen MR) is 78.6 cm³/mol. The molecule has 0 unspecified atom stereocenters. The van der Waals surface area contributed by atoms with Gasteiger partial charge in [0.05, 0.1) is 23.3 Å². The van der Waals surface area contributed by atoms with Gasteiger partial charge in [-0.15, -0.1) is 0 Å². The summed E-state index contributed by atoms with van der Waals surface area (Å²) in [6, 6.07) is 12.8. The highest BCUT2D eigenvalue weighted by atomic mass is 16.2. The number of aromatic amines is 1. The van der Waals surface area contributed by atoms with E-state index in [1.54, 1.807) is 18.3 Å². The Morgan fingerprint density at radius 2 is 2.00 bits per heavy atom. The fraction of sp³-hybridized carbons (Fsp3) is 0.133. The molecule has 6 nitrogen and oxygen atoms in total. The monoisotopic (exact) mass is 282 g/mol. The molecule has 0 saturated heterocycles. The highest BCUT2D eigenvalue weighted by Crippen LogP contribution is 2.08. The van der Waals surface area contributed by atoms with Crippen molar-refractivity contribution in [1.29, 1.82) is 0 Å². The van der Waals surface area contributed by atoms with Crippen molar-refractivity contribution < 1.29 is 4.79 Å². The molecule has 0 aliphatic carbocycles. The zero-order valence-corrected chi connectivity index (χ0v) is 11.2. The van der Waals surface area contributed by atoms with Crippen LogP contribution in [0.1, 0.15) is 5.69 Å². The Hall–Kier alpha value is -2.89. The van der Waals surface area contributed by atoms with Gasteiger partial charge < -0.3 is 10.3 Å². The molecular weight excluding hydrogens is 268 g/mol. The number of amides is 1. The van der Waals surface area contributed by atoms with Gasteiger partial charge in [0, 0.05) is 6.20 Å². The van der Waals surface area contributed by atoms with E-state index >= 15 is 0 Å². The minimum atomic E-state index is -0.288. The molecule has 3 rings (SSSR count). The quantitative estimate of drug-likeness (QED) is 0.750. The molecule has 0 radical (unpaired) electrons. The van der Waals surface area contributed by atoms with Crippen LogP contribution in [0.25, 0.3) is 11.0 Å². The highest BCUT2D eigenvalue weighted by molar-refractivity contribution is 5.80. The Morgan fingerprint density at radius 3 is 2.81 bits per heavy atom. The Morgan fingerprint density at radius 1 is 1.19 bits per heavy atom. The number of carbonyl (C=O) groups is 1. The van der Waals surface area contributed by atoms with Crippen LogP contribution in [-0.4, -0.2) is 20.4 Å². The fourth-order valence-corrected chi connectivity index (χ4v) is 2.16. The Kier molecular flexibility index (Phi) is 3.51. The summed E-state index contributed by atoms with van der Waals surface area (Å²) < 4.78 is 1.42. The number of carbonyl (C=O) groups excluding carboxylic acids is 1. The van der Waals surface area contributed by atoms with Gasteiger partial charge in [0.1, 0.15) is 6.54 Å². The number of imidazole rings is 1. The minimum absolute atomic E-state index is 0.0182. The van der Waals surface area contributed by atoms with Gasteiger partial charge in [-0.2, -0.15) is 0 Å². The zero-order chi connectivity index (χ0) is 14.7. The molecule has 0 saturated carbocycles. The molecule has 0 spiro atoms. The summed E-state index contributed by atoms with van der Waals surface area (Å²) in [5, 5.41) is 2.75. The standard InChI is InChI=1S/C15H14N4O2/c20-14(17-9-11-5-3-4-8-16-11)10-19-13-7-2-1-6-12(13)18-15(19)21/h1-8H,9-10H2,(H,17,20)(H,18,21). The van der Waals surface area contributed by atoms with E-state index in [4.69, 9.17) is 0 Å². The second-order valence-corrected chi connectivity index (χ2v) is 4.63. The number of fused-ring (bicyclic) bond motifs is 1. The van der Waals surface area contributed by atoms with Crippen LogP contribution < -0.4 is 11.0 Å². The number of para-hydroxylation sites is 2. The van der Waals surface area contributed by atoms with Crippen molar-refractivity contribution in [3.8, 4) is 0 Å². The number of H-pyrrole nitrogens is 1. The van der Waals surface area contributed by atoms with E-state index in [0.29, 0.717) is 6.54 Å². The van der Waals surface area contributed by atoms with E-state index in [2.05, 4.69) is 15.3 Å². The molecule has 0 atom stereocenters. The summed E-state index contributed by atoms with van der Waals surface area (Å²) in [4.78, 5) is 30.7. The molecule has 1 aromatic carbocycles. The summed E-state index contributed by atoms with van der Waals surface area (Å²) in [5.41, 5.74) is 1.93. The predicted octanol–water partition coefficient (Wildman–Crippen LogP) is 1.04. The second-order valence-electron chi connectivity index (χ2n) is 4.63. The van der Waals surface area contributed by atoms with Gasteiger partial charge in [0.15, 0.2) is 0 Å². The SMILES string of the molecule is O=C(Cn1c(=O)[nH]c2ccccc21)NCc1ccccn1. The normalized spacial score (nSPS) is 10.7. The van der Waals surface area contributed by atoms with Crippen LogP contribution in [0.2, 0.25) is 0 Å². The fourth-order valence-electron chi connectivity index (χ4n) is 2.16. The first kappa shape index (κ1) is 13.1. The minimum Gasteiger partial charge on any atom is -0.349 e. The van der Waals surface area contributed by atoms with E-state index in [1.165, 1.54) is 4.57 Å². The van der Waals surface area contributed by atoms with Crippen molar-refractivity contribution in [3.63, 3.8) is 0 Å². The van der Waals surface area contributed by atoms with Crippen molar-refractivity contribution in [1.82, 2.24) is 19.9 Å². The maximum atomic E-state index is 12.0. The number of hydrogen-bond donors (Lipinski definition) is 2. The van der Waals surface area contributed by atoms with E-state index in [0.717, 1.165) is 16.7 Å². The van der Waals surface area contributed by atoms with Crippen molar-refractivity contribution in [3.05, 3.63) is 64.8 Å². The number of pyridine rings is 1. The van der Waals surface area contributed by atoms with Crippen LogP contribution in [0.5, 0.6) is 0 Å². The molecule has 0 aliphatic heterocycles. The van der Waals surface area contributed by atoms with Gasteiger partial charge in [0.2, 0.25) is 5.91 Å². The lowest BCUT2D eigenvalue weighted by molar-refractivity contribution is -0.121. The number of rotatable bonds is 4. The molecule has 2 N–H and O–H groups in total. The van der Waals surface area contributed by atoms with Crippen LogP contribution >= 0.6 is 0 Å². The van der Waals surface area contributed by atoms with E-state index in [-0.39, 0.29) is 18.1 Å². The molecular formula is C15H14N4O2.